The first-order chi connectivity index (χ1) is 23.0. The fourth-order valence-corrected chi connectivity index (χ4v) is 9.33. The zero-order valence-corrected chi connectivity index (χ0v) is 30.3. The van der Waals surface area contributed by atoms with Crippen LogP contribution >= 0.6 is 45.3 Å². The van der Waals surface area contributed by atoms with E-state index >= 15 is 0 Å². The molecular formula is C36H29MnN8S4+4. The molecule has 49 heavy (non-hydrogen) atoms. The van der Waals surface area contributed by atoms with Crippen LogP contribution in [0.3, 0.4) is 0 Å². The quantitative estimate of drug-likeness (QED) is 0.139. The van der Waals surface area contributed by atoms with Gasteiger partial charge in [0.15, 0.2) is 18.6 Å². The molecule has 9 rings (SSSR count). The van der Waals surface area contributed by atoms with Crippen LogP contribution in [0.4, 0.5) is 0 Å². The van der Waals surface area contributed by atoms with Gasteiger partial charge in [-0.05, 0) is 24.3 Å². The fourth-order valence-electron chi connectivity index (χ4n) is 5.96. The molecule has 0 amide bonds. The Kier molecular flexibility index (Phi) is 8.91. The molecule has 8 nitrogen and oxygen atoms in total. The van der Waals surface area contributed by atoms with Crippen LogP contribution in [0.25, 0.3) is 88.1 Å². The second-order valence-electron chi connectivity index (χ2n) is 11.4. The van der Waals surface area contributed by atoms with Crippen molar-refractivity contribution in [3.05, 3.63) is 93.9 Å². The van der Waals surface area contributed by atoms with Gasteiger partial charge in [-0.2, -0.15) is 13.7 Å². The number of thiazole rings is 4. The summed E-state index contributed by atoms with van der Waals surface area (Å²) in [4.78, 5) is 29.9. The summed E-state index contributed by atoms with van der Waals surface area (Å²) in [5.74, 6) is 0. The minimum absolute atomic E-state index is 0. The van der Waals surface area contributed by atoms with E-state index < -0.39 is 0 Å². The maximum absolute atomic E-state index is 5.31. The molecular weight excluding hydrogens is 728 g/mol. The Hall–Kier alpha value is -4.36. The molecule has 13 heteroatoms. The molecule has 9 heterocycles. The van der Waals surface area contributed by atoms with E-state index in [0.717, 1.165) is 86.6 Å². The second-order valence-corrected chi connectivity index (χ2v) is 14.9. The summed E-state index contributed by atoms with van der Waals surface area (Å²) in [7, 11) is 6.13. The van der Waals surface area contributed by atoms with Crippen molar-refractivity contribution >= 4 is 91.7 Å². The summed E-state index contributed by atoms with van der Waals surface area (Å²) < 4.78 is 6.22. The molecule has 8 bridgehead atoms. The summed E-state index contributed by atoms with van der Waals surface area (Å²) in [6.07, 6.45) is 16.7. The van der Waals surface area contributed by atoms with Crippen molar-refractivity contribution < 1.29 is 30.8 Å². The first-order valence-electron chi connectivity index (χ1n) is 14.8. The third-order valence-electron chi connectivity index (χ3n) is 8.03. The SMILES string of the molecule is C.C[n+]1csc(-c2c3nc(c(-c4c[n+](C)cs4)c4ccc([n-]4)c(-c4c[n+](C)cs4)c4nc(c(-c5cncs5)c5ccc2[n-]5)C=C4)C=C3)c1.[Mn+3]. The summed E-state index contributed by atoms with van der Waals surface area (Å²) in [5.41, 5.74) is 19.0. The van der Waals surface area contributed by atoms with Crippen molar-refractivity contribution in [1.82, 2.24) is 24.9 Å². The minimum Gasteiger partial charge on any atom is -0.657 e. The number of aromatic nitrogens is 8. The normalized spacial score (nSPS) is 11.9. The third-order valence-corrected chi connectivity index (χ3v) is 11.8. The molecule has 0 fully saturated rings. The van der Waals surface area contributed by atoms with Gasteiger partial charge in [-0.1, -0.05) is 65.7 Å². The van der Waals surface area contributed by atoms with Gasteiger partial charge in [-0.15, -0.1) is 33.4 Å². The Balaban J connectivity index is 0.00000189. The van der Waals surface area contributed by atoms with E-state index in [1.807, 2.05) is 32.9 Å². The molecule has 0 N–H and O–H groups in total. The van der Waals surface area contributed by atoms with Crippen LogP contribution in [0.5, 0.6) is 0 Å². The predicted octanol–water partition coefficient (Wildman–Crippen LogP) is 7.33. The zero-order valence-electron chi connectivity index (χ0n) is 25.8. The zero-order chi connectivity index (χ0) is 31.6. The maximum Gasteiger partial charge on any atom is 3.00 e. The molecule has 0 radical (unpaired) electrons. The van der Waals surface area contributed by atoms with Gasteiger partial charge in [0.05, 0.1) is 33.2 Å². The molecule has 7 aromatic heterocycles. The van der Waals surface area contributed by atoms with Gasteiger partial charge in [-0.3, -0.25) is 4.98 Å². The van der Waals surface area contributed by atoms with Crippen molar-refractivity contribution in [2.45, 2.75) is 7.43 Å². The van der Waals surface area contributed by atoms with Crippen molar-refractivity contribution in [3.63, 3.8) is 0 Å². The van der Waals surface area contributed by atoms with Gasteiger partial charge < -0.3 is 9.97 Å². The van der Waals surface area contributed by atoms with E-state index in [9.17, 15) is 0 Å². The molecule has 0 saturated carbocycles. The van der Waals surface area contributed by atoms with Crippen molar-refractivity contribution in [1.29, 1.82) is 0 Å². The molecule has 0 atom stereocenters. The maximum atomic E-state index is 5.31. The molecule has 7 aromatic rings. The van der Waals surface area contributed by atoms with E-state index in [0.29, 0.717) is 0 Å². The van der Waals surface area contributed by atoms with E-state index in [4.69, 9.17) is 19.9 Å². The smallest absolute Gasteiger partial charge is 0.657 e. The second kappa shape index (κ2) is 13.2. The van der Waals surface area contributed by atoms with Gasteiger partial charge in [-0.25, -0.2) is 9.97 Å². The van der Waals surface area contributed by atoms with Gasteiger partial charge in [0, 0.05) is 28.5 Å². The van der Waals surface area contributed by atoms with Crippen molar-refractivity contribution in [3.8, 4) is 41.8 Å². The molecule has 2 aliphatic heterocycles. The molecule has 240 valence electrons. The fraction of sp³-hybridized carbons (Fsp3) is 0.111. The van der Waals surface area contributed by atoms with E-state index in [-0.39, 0.29) is 24.5 Å². The summed E-state index contributed by atoms with van der Waals surface area (Å²) in [6, 6.07) is 8.40. The first-order valence-corrected chi connectivity index (χ1v) is 18.3. The summed E-state index contributed by atoms with van der Waals surface area (Å²) in [6.45, 7) is 0. The van der Waals surface area contributed by atoms with E-state index in [1.165, 1.54) is 0 Å². The van der Waals surface area contributed by atoms with Crippen LogP contribution in [0.1, 0.15) is 30.2 Å². The third kappa shape index (κ3) is 5.86. The number of aryl methyl sites for hydroxylation is 3. The van der Waals surface area contributed by atoms with Crippen LogP contribution in [-0.2, 0) is 38.2 Å². The number of rotatable bonds is 4. The van der Waals surface area contributed by atoms with Gasteiger partial charge in [0.1, 0.15) is 35.8 Å². The van der Waals surface area contributed by atoms with E-state index in [1.54, 1.807) is 45.3 Å². The Labute approximate surface area is 309 Å². The Morgan fingerprint density at radius 3 is 1.14 bits per heavy atom. The number of nitrogens with zero attached hydrogens (tertiary/aromatic N) is 8. The summed E-state index contributed by atoms with van der Waals surface area (Å²) in [5, 5.41) is 0. The predicted molar refractivity (Wildman–Crippen MR) is 198 cm³/mol. The number of fused-ring (bicyclic) bond motifs is 8. The molecule has 0 aromatic carbocycles. The van der Waals surface area contributed by atoms with Crippen LogP contribution in [0, 0.1) is 0 Å². The van der Waals surface area contributed by atoms with Crippen LogP contribution in [0.2, 0.25) is 0 Å². The van der Waals surface area contributed by atoms with Gasteiger partial charge in [0.25, 0.3) is 0 Å². The summed E-state index contributed by atoms with van der Waals surface area (Å²) >= 11 is 6.63. The molecule has 0 spiro atoms. The Morgan fingerprint density at radius 1 is 0.510 bits per heavy atom. The van der Waals surface area contributed by atoms with E-state index in [2.05, 4.69) is 102 Å². The standard InChI is InChI=1S/C35H25N8S4.CH4.Mn/c1-41-13-29(45-17-41)33-22-6-4-20(37-22)32(28-12-36-16-44-28)21-5-7-23(38-21)34(30-14-42(2)18-46-30)25-9-11-27(40-25)35(26-10-8-24(33)39-26)31-15-43(3)19-47-31;;/h4-19H,1-3H3;1H4;/q+1;;+3. The van der Waals surface area contributed by atoms with Crippen molar-refractivity contribution in [2.75, 3.05) is 0 Å². The van der Waals surface area contributed by atoms with Gasteiger partial charge in [0.2, 0.25) is 16.5 Å². The Morgan fingerprint density at radius 2 is 0.857 bits per heavy atom. The van der Waals surface area contributed by atoms with Crippen molar-refractivity contribution in [2.24, 2.45) is 21.1 Å². The first kappa shape index (κ1) is 33.2. The van der Waals surface area contributed by atoms with Gasteiger partial charge >= 0.3 is 17.1 Å². The largest absolute Gasteiger partial charge is 3.00 e. The minimum atomic E-state index is 0. The monoisotopic (exact) mass is 756 g/mol. The molecule has 0 unspecified atom stereocenters. The molecule has 0 saturated heterocycles. The van der Waals surface area contributed by atoms with Crippen LogP contribution < -0.4 is 23.7 Å². The average molecular weight is 757 g/mol. The number of hydrogen-bond acceptors (Lipinski definition) is 7. The van der Waals surface area contributed by atoms with Crippen LogP contribution in [-0.4, -0.2) is 15.0 Å². The number of hydrogen-bond donors (Lipinski definition) is 0. The molecule has 0 aliphatic carbocycles. The topological polar surface area (TPSA) is 78.5 Å². The van der Waals surface area contributed by atoms with Crippen LogP contribution in [0.15, 0.2) is 71.1 Å². The molecule has 2 aliphatic rings. The Bertz CT molecular complexity index is 2540. The average Bonchev–Trinajstić information content (AvgIpc) is 3.89.